The van der Waals surface area contributed by atoms with Crippen LogP contribution in [0, 0.1) is 11.3 Å². The first-order valence-corrected chi connectivity index (χ1v) is 4.54. The van der Waals surface area contributed by atoms with Crippen LogP contribution in [-0.4, -0.2) is 17.5 Å². The molecule has 0 fully saturated rings. The first-order valence-electron chi connectivity index (χ1n) is 3.50. The van der Waals surface area contributed by atoms with E-state index >= 15 is 0 Å². The lowest BCUT2D eigenvalue weighted by molar-refractivity contribution is 0.823. The van der Waals surface area contributed by atoms with E-state index in [0.29, 0.717) is 11.7 Å². The van der Waals surface area contributed by atoms with Crippen LogP contribution < -0.4 is 5.73 Å². The third-order valence-corrected chi connectivity index (χ3v) is 2.43. The smallest absolute Gasteiger partial charge is 0.0630 e. The fourth-order valence-corrected chi connectivity index (χ4v) is 1.54. The van der Waals surface area contributed by atoms with Crippen molar-refractivity contribution in [2.75, 3.05) is 12.3 Å². The van der Waals surface area contributed by atoms with Crippen molar-refractivity contribution in [3.05, 3.63) is 0 Å². The summed E-state index contributed by atoms with van der Waals surface area (Å²) in [6.07, 6.45) is 1.70. The lowest BCUT2D eigenvalue weighted by atomic mass is 10.3. The predicted octanol–water partition coefficient (Wildman–Crippen LogP) is 1.37. The van der Waals surface area contributed by atoms with E-state index in [4.69, 9.17) is 11.0 Å². The van der Waals surface area contributed by atoms with Gasteiger partial charge in [-0.3, -0.25) is 0 Å². The second kappa shape index (κ2) is 6.91. The van der Waals surface area contributed by atoms with Gasteiger partial charge >= 0.3 is 0 Å². The molecule has 0 aliphatic heterocycles. The quantitative estimate of drug-likeness (QED) is 0.615. The summed E-state index contributed by atoms with van der Waals surface area (Å²) in [6.45, 7) is 2.90. The molecule has 3 heteroatoms. The van der Waals surface area contributed by atoms with E-state index in [1.54, 1.807) is 0 Å². The molecule has 0 bridgehead atoms. The molecule has 2 N–H and O–H groups in total. The number of rotatable bonds is 5. The summed E-state index contributed by atoms with van der Waals surface area (Å²) in [6, 6.07) is 2.11. The minimum atomic E-state index is 0.610. The first kappa shape index (κ1) is 9.80. The van der Waals surface area contributed by atoms with Gasteiger partial charge in [0.15, 0.2) is 0 Å². The van der Waals surface area contributed by atoms with Gasteiger partial charge in [0.1, 0.15) is 0 Å². The summed E-state index contributed by atoms with van der Waals surface area (Å²) in [5.74, 6) is 0.942. The Morgan fingerprint density at radius 1 is 1.70 bits per heavy atom. The van der Waals surface area contributed by atoms with Crippen molar-refractivity contribution in [2.24, 2.45) is 5.73 Å². The molecule has 0 aliphatic carbocycles. The molecule has 0 amide bonds. The van der Waals surface area contributed by atoms with E-state index in [0.717, 1.165) is 18.7 Å². The molecule has 0 heterocycles. The van der Waals surface area contributed by atoms with Gasteiger partial charge in [0.2, 0.25) is 0 Å². The highest BCUT2D eigenvalue weighted by Crippen LogP contribution is 2.13. The molecule has 10 heavy (non-hydrogen) atoms. The van der Waals surface area contributed by atoms with E-state index in [-0.39, 0.29) is 0 Å². The largest absolute Gasteiger partial charge is 0.330 e. The average molecular weight is 158 g/mol. The van der Waals surface area contributed by atoms with Gasteiger partial charge in [-0.15, -0.1) is 0 Å². The third kappa shape index (κ3) is 5.93. The molecule has 2 nitrogen and oxygen atoms in total. The molecule has 0 aromatic carbocycles. The van der Waals surface area contributed by atoms with Crippen molar-refractivity contribution in [1.82, 2.24) is 0 Å². The van der Waals surface area contributed by atoms with Gasteiger partial charge < -0.3 is 5.73 Å². The molecule has 1 atom stereocenters. The maximum atomic E-state index is 8.22. The fourth-order valence-electron chi connectivity index (χ4n) is 0.624. The third-order valence-electron chi connectivity index (χ3n) is 1.19. The number of nitrogens with zero attached hydrogens (tertiary/aromatic N) is 1. The Hall–Kier alpha value is -0.200. The number of hydrogen-bond donors (Lipinski definition) is 1. The second-order valence-electron chi connectivity index (χ2n) is 2.17. The fraction of sp³-hybridized carbons (Fsp3) is 0.857. The molecule has 0 radical (unpaired) electrons. The van der Waals surface area contributed by atoms with Gasteiger partial charge in [0.05, 0.1) is 6.07 Å². The summed E-state index contributed by atoms with van der Waals surface area (Å²) < 4.78 is 0. The number of hydrogen-bond acceptors (Lipinski definition) is 3. The van der Waals surface area contributed by atoms with Crippen LogP contribution in [0.3, 0.4) is 0 Å². The summed E-state index contributed by atoms with van der Waals surface area (Å²) in [7, 11) is 0. The Balaban J connectivity index is 3.06. The zero-order valence-electron chi connectivity index (χ0n) is 6.34. The van der Waals surface area contributed by atoms with Gasteiger partial charge in [-0.05, 0) is 13.0 Å². The monoisotopic (exact) mass is 158 g/mol. The van der Waals surface area contributed by atoms with Crippen molar-refractivity contribution >= 4 is 11.8 Å². The SMILES string of the molecule is CC(CCN)SCCC#N. The van der Waals surface area contributed by atoms with Gasteiger partial charge in [-0.2, -0.15) is 17.0 Å². The molecule has 0 aromatic heterocycles. The zero-order chi connectivity index (χ0) is 7.82. The standard InChI is InChI=1S/C7H14N2S/c1-7(3-5-9)10-6-2-4-8/h7H,2-3,5-6,9H2,1H3. The summed E-state index contributed by atoms with van der Waals surface area (Å²) in [5.41, 5.74) is 5.36. The van der Waals surface area contributed by atoms with Crippen LogP contribution in [0.2, 0.25) is 0 Å². The highest BCUT2D eigenvalue weighted by atomic mass is 32.2. The van der Waals surface area contributed by atoms with E-state index in [2.05, 4.69) is 13.0 Å². The van der Waals surface area contributed by atoms with Crippen LogP contribution >= 0.6 is 11.8 Å². The molecular weight excluding hydrogens is 144 g/mol. The van der Waals surface area contributed by atoms with Crippen molar-refractivity contribution in [2.45, 2.75) is 25.0 Å². The number of thioether (sulfide) groups is 1. The van der Waals surface area contributed by atoms with E-state index < -0.39 is 0 Å². The molecule has 1 unspecified atom stereocenters. The Kier molecular flexibility index (Phi) is 6.78. The number of nitrogens with two attached hydrogens (primary N) is 1. The lowest BCUT2D eigenvalue weighted by Gasteiger charge is -2.06. The van der Waals surface area contributed by atoms with Crippen LogP contribution in [0.4, 0.5) is 0 Å². The Bertz CT molecular complexity index is 109. The lowest BCUT2D eigenvalue weighted by Crippen LogP contribution is -2.07. The normalized spacial score (nSPS) is 12.5. The van der Waals surface area contributed by atoms with Crippen LogP contribution in [0.1, 0.15) is 19.8 Å². The minimum absolute atomic E-state index is 0.610. The Morgan fingerprint density at radius 2 is 2.40 bits per heavy atom. The second-order valence-corrected chi connectivity index (χ2v) is 3.71. The Labute approximate surface area is 66.8 Å². The van der Waals surface area contributed by atoms with E-state index in [9.17, 15) is 0 Å². The van der Waals surface area contributed by atoms with E-state index in [1.165, 1.54) is 0 Å². The summed E-state index contributed by atoms with van der Waals surface area (Å²) in [5, 5.41) is 8.83. The first-order chi connectivity index (χ1) is 4.81. The average Bonchev–Trinajstić information content (AvgIpc) is 1.89. The van der Waals surface area contributed by atoms with E-state index in [1.807, 2.05) is 11.8 Å². The molecule has 58 valence electrons. The van der Waals surface area contributed by atoms with Crippen molar-refractivity contribution in [3.8, 4) is 6.07 Å². The van der Waals surface area contributed by atoms with Gasteiger partial charge in [-0.25, -0.2) is 0 Å². The molecule has 0 saturated heterocycles. The topological polar surface area (TPSA) is 49.8 Å². The highest BCUT2D eigenvalue weighted by molar-refractivity contribution is 7.99. The van der Waals surface area contributed by atoms with Gasteiger partial charge in [-0.1, -0.05) is 6.92 Å². The highest BCUT2D eigenvalue weighted by Gasteiger charge is 1.98. The van der Waals surface area contributed by atoms with Crippen LogP contribution in [-0.2, 0) is 0 Å². The molecule has 0 spiro atoms. The van der Waals surface area contributed by atoms with Crippen molar-refractivity contribution in [3.63, 3.8) is 0 Å². The molecule has 0 rings (SSSR count). The van der Waals surface area contributed by atoms with Crippen molar-refractivity contribution in [1.29, 1.82) is 5.26 Å². The summed E-state index contributed by atoms with van der Waals surface area (Å²) in [4.78, 5) is 0. The molecular formula is C7H14N2S. The zero-order valence-corrected chi connectivity index (χ0v) is 7.16. The van der Waals surface area contributed by atoms with Crippen LogP contribution in [0.25, 0.3) is 0 Å². The van der Waals surface area contributed by atoms with Gasteiger partial charge in [0.25, 0.3) is 0 Å². The maximum absolute atomic E-state index is 8.22. The van der Waals surface area contributed by atoms with Crippen LogP contribution in [0.15, 0.2) is 0 Å². The predicted molar refractivity (Wildman–Crippen MR) is 45.8 cm³/mol. The Morgan fingerprint density at radius 3 is 2.90 bits per heavy atom. The molecule has 0 saturated carbocycles. The molecule has 0 aromatic rings. The summed E-state index contributed by atoms with van der Waals surface area (Å²) >= 11 is 1.82. The number of nitriles is 1. The van der Waals surface area contributed by atoms with Crippen molar-refractivity contribution < 1.29 is 0 Å². The van der Waals surface area contributed by atoms with Crippen LogP contribution in [0.5, 0.6) is 0 Å². The minimum Gasteiger partial charge on any atom is -0.330 e. The van der Waals surface area contributed by atoms with Gasteiger partial charge in [0, 0.05) is 17.4 Å². The molecule has 0 aliphatic rings. The maximum Gasteiger partial charge on any atom is 0.0630 e.